The van der Waals surface area contributed by atoms with Crippen LogP contribution in [0.25, 0.3) is 0 Å². The van der Waals surface area contributed by atoms with E-state index >= 15 is 0 Å². The second-order valence-electron chi connectivity index (χ2n) is 4.08. The predicted molar refractivity (Wildman–Crippen MR) is 49.2 cm³/mol. The largest absolute Gasteiger partial charge is 0.377 e. The highest BCUT2D eigenvalue weighted by molar-refractivity contribution is 4.83. The summed E-state index contributed by atoms with van der Waals surface area (Å²) in [6.45, 7) is 6.80. The average molecular weight is 169 g/mol. The van der Waals surface area contributed by atoms with Crippen molar-refractivity contribution in [1.29, 1.82) is 0 Å². The third-order valence-electron chi connectivity index (χ3n) is 3.06. The van der Waals surface area contributed by atoms with Gasteiger partial charge in [-0.3, -0.25) is 0 Å². The normalized spacial score (nSPS) is 41.2. The number of fused-ring (bicyclic) bond motifs is 2. The van der Waals surface area contributed by atoms with Crippen molar-refractivity contribution in [3.05, 3.63) is 0 Å². The van der Waals surface area contributed by atoms with Crippen LogP contribution in [0.15, 0.2) is 0 Å². The molecule has 0 aromatic rings. The fourth-order valence-electron chi connectivity index (χ4n) is 2.60. The quantitative estimate of drug-likeness (QED) is 0.621. The molecule has 2 bridgehead atoms. The zero-order valence-corrected chi connectivity index (χ0v) is 7.96. The summed E-state index contributed by atoms with van der Waals surface area (Å²) in [6, 6.07) is 0. The van der Waals surface area contributed by atoms with Gasteiger partial charge in [0, 0.05) is 19.7 Å². The first-order valence-corrected chi connectivity index (χ1v) is 5.22. The molecule has 2 fully saturated rings. The highest BCUT2D eigenvalue weighted by atomic mass is 16.5. The molecule has 0 radical (unpaired) electrons. The van der Waals surface area contributed by atoms with Crippen LogP contribution in [0.1, 0.15) is 26.2 Å². The lowest BCUT2D eigenvalue weighted by molar-refractivity contribution is -0.0293. The van der Waals surface area contributed by atoms with Crippen LogP contribution in [0.5, 0.6) is 0 Å². The van der Waals surface area contributed by atoms with Crippen LogP contribution in [0.4, 0.5) is 0 Å². The molecule has 2 saturated heterocycles. The summed E-state index contributed by atoms with van der Waals surface area (Å²) >= 11 is 0. The molecular formula is C10H19NO. The van der Waals surface area contributed by atoms with Gasteiger partial charge in [0.25, 0.3) is 0 Å². The minimum absolute atomic E-state index is 0.536. The molecule has 0 amide bonds. The van der Waals surface area contributed by atoms with E-state index in [1.165, 1.54) is 38.9 Å². The molecule has 0 aliphatic carbocycles. The van der Waals surface area contributed by atoms with Crippen molar-refractivity contribution in [2.45, 2.75) is 32.3 Å². The van der Waals surface area contributed by atoms with E-state index in [4.69, 9.17) is 4.74 Å². The fourth-order valence-corrected chi connectivity index (χ4v) is 2.60. The molecule has 3 atom stereocenters. The van der Waals surface area contributed by atoms with Gasteiger partial charge in [-0.15, -0.1) is 0 Å². The van der Waals surface area contributed by atoms with Crippen molar-refractivity contribution >= 4 is 0 Å². The van der Waals surface area contributed by atoms with Crippen molar-refractivity contribution in [2.24, 2.45) is 5.92 Å². The Morgan fingerprint density at radius 1 is 1.42 bits per heavy atom. The topological polar surface area (TPSA) is 12.5 Å². The molecule has 0 N–H and O–H groups in total. The van der Waals surface area contributed by atoms with E-state index in [1.807, 2.05) is 0 Å². The molecule has 2 nitrogen and oxygen atoms in total. The van der Waals surface area contributed by atoms with E-state index in [-0.39, 0.29) is 0 Å². The van der Waals surface area contributed by atoms with Crippen molar-refractivity contribution in [3.8, 4) is 0 Å². The number of rotatable bonds is 2. The standard InChI is InChI=1S/C10H19NO/c1-2-12-10-6-9-4-3-5-11(7-9)8-10/h9-10H,2-8H2,1H3. The third kappa shape index (κ3) is 1.80. The van der Waals surface area contributed by atoms with Crippen molar-refractivity contribution in [1.82, 2.24) is 4.90 Å². The Hall–Kier alpha value is -0.0800. The monoisotopic (exact) mass is 169 g/mol. The maximum absolute atomic E-state index is 5.68. The molecule has 70 valence electrons. The molecule has 12 heavy (non-hydrogen) atoms. The van der Waals surface area contributed by atoms with E-state index in [0.717, 1.165) is 12.5 Å². The first-order chi connectivity index (χ1) is 5.88. The van der Waals surface area contributed by atoms with Gasteiger partial charge in [0.05, 0.1) is 6.10 Å². The Morgan fingerprint density at radius 2 is 2.33 bits per heavy atom. The van der Waals surface area contributed by atoms with Gasteiger partial charge in [0.15, 0.2) is 0 Å². The van der Waals surface area contributed by atoms with Crippen molar-refractivity contribution < 1.29 is 4.74 Å². The molecule has 2 heterocycles. The lowest BCUT2D eigenvalue weighted by Gasteiger charge is -2.41. The molecule has 3 unspecified atom stereocenters. The lowest BCUT2D eigenvalue weighted by atomic mass is 9.88. The highest BCUT2D eigenvalue weighted by Gasteiger charge is 2.29. The van der Waals surface area contributed by atoms with Crippen LogP contribution >= 0.6 is 0 Å². The van der Waals surface area contributed by atoms with Crippen LogP contribution in [0.2, 0.25) is 0 Å². The second-order valence-corrected chi connectivity index (χ2v) is 4.08. The van der Waals surface area contributed by atoms with Gasteiger partial charge >= 0.3 is 0 Å². The van der Waals surface area contributed by atoms with Gasteiger partial charge in [-0.05, 0) is 38.6 Å². The number of hydrogen-bond acceptors (Lipinski definition) is 2. The van der Waals surface area contributed by atoms with Gasteiger partial charge < -0.3 is 9.64 Å². The summed E-state index contributed by atoms with van der Waals surface area (Å²) in [6.07, 6.45) is 4.68. The summed E-state index contributed by atoms with van der Waals surface area (Å²) in [4.78, 5) is 2.57. The second kappa shape index (κ2) is 3.75. The van der Waals surface area contributed by atoms with Gasteiger partial charge in [0.2, 0.25) is 0 Å². The molecule has 0 aromatic carbocycles. The van der Waals surface area contributed by atoms with E-state index < -0.39 is 0 Å². The Balaban J connectivity index is 1.87. The Labute approximate surface area is 74.9 Å². The first kappa shape index (κ1) is 8.52. The Morgan fingerprint density at radius 3 is 3.08 bits per heavy atom. The first-order valence-electron chi connectivity index (χ1n) is 5.22. The molecule has 2 aliphatic heterocycles. The van der Waals surface area contributed by atoms with Crippen LogP contribution < -0.4 is 0 Å². The van der Waals surface area contributed by atoms with Crippen LogP contribution in [0, 0.1) is 5.92 Å². The zero-order valence-electron chi connectivity index (χ0n) is 7.96. The predicted octanol–water partition coefficient (Wildman–Crippen LogP) is 1.51. The number of hydrogen-bond donors (Lipinski definition) is 0. The zero-order chi connectivity index (χ0) is 8.39. The number of nitrogens with zero attached hydrogens (tertiary/aromatic N) is 1. The van der Waals surface area contributed by atoms with Crippen LogP contribution in [-0.4, -0.2) is 37.2 Å². The van der Waals surface area contributed by atoms with Gasteiger partial charge in [-0.2, -0.15) is 0 Å². The minimum atomic E-state index is 0.536. The number of piperidine rings is 2. The summed E-state index contributed by atoms with van der Waals surface area (Å²) in [5.74, 6) is 0.934. The smallest absolute Gasteiger partial charge is 0.0704 e. The molecule has 2 aliphatic rings. The van der Waals surface area contributed by atoms with Crippen molar-refractivity contribution in [2.75, 3.05) is 26.2 Å². The lowest BCUT2D eigenvalue weighted by Crippen LogP contribution is -2.47. The van der Waals surface area contributed by atoms with Crippen LogP contribution in [-0.2, 0) is 4.74 Å². The van der Waals surface area contributed by atoms with Gasteiger partial charge in [0.1, 0.15) is 0 Å². The highest BCUT2D eigenvalue weighted by Crippen LogP contribution is 2.27. The molecular weight excluding hydrogens is 150 g/mol. The summed E-state index contributed by atoms with van der Waals surface area (Å²) in [7, 11) is 0. The maximum atomic E-state index is 5.68. The molecule has 2 heteroatoms. The van der Waals surface area contributed by atoms with E-state index in [9.17, 15) is 0 Å². The van der Waals surface area contributed by atoms with E-state index in [0.29, 0.717) is 6.10 Å². The molecule has 0 spiro atoms. The number of ether oxygens (including phenoxy) is 1. The fraction of sp³-hybridized carbons (Fsp3) is 1.00. The Kier molecular flexibility index (Phi) is 2.66. The molecule has 2 rings (SSSR count). The maximum Gasteiger partial charge on any atom is 0.0704 e. The van der Waals surface area contributed by atoms with E-state index in [1.54, 1.807) is 0 Å². The van der Waals surface area contributed by atoms with E-state index in [2.05, 4.69) is 11.8 Å². The summed E-state index contributed by atoms with van der Waals surface area (Å²) in [5, 5.41) is 0. The SMILES string of the molecule is CCOC1CC2CCCN(C2)C1. The third-order valence-corrected chi connectivity index (χ3v) is 3.06. The molecule has 0 saturated carbocycles. The van der Waals surface area contributed by atoms with Gasteiger partial charge in [-0.1, -0.05) is 0 Å². The minimum Gasteiger partial charge on any atom is -0.377 e. The summed E-state index contributed by atoms with van der Waals surface area (Å²) in [5.41, 5.74) is 0. The van der Waals surface area contributed by atoms with Crippen LogP contribution in [0.3, 0.4) is 0 Å². The van der Waals surface area contributed by atoms with Crippen molar-refractivity contribution in [3.63, 3.8) is 0 Å². The molecule has 0 aromatic heterocycles. The summed E-state index contributed by atoms with van der Waals surface area (Å²) < 4.78 is 5.68. The average Bonchev–Trinajstić information content (AvgIpc) is 2.04. The Bertz CT molecular complexity index is 137. The van der Waals surface area contributed by atoms with Gasteiger partial charge in [-0.25, -0.2) is 0 Å².